The first-order chi connectivity index (χ1) is 14.6. The largest absolute Gasteiger partial charge is 0.396 e. The molecule has 0 amide bonds. The van der Waals surface area contributed by atoms with Gasteiger partial charge in [-0.15, -0.1) is 11.3 Å². The lowest BCUT2D eigenvalue weighted by atomic mass is 9.93. The molecule has 0 aliphatic heterocycles. The van der Waals surface area contributed by atoms with Crippen molar-refractivity contribution in [3.05, 3.63) is 34.6 Å². The van der Waals surface area contributed by atoms with Gasteiger partial charge in [-0.2, -0.15) is 4.98 Å². The van der Waals surface area contributed by atoms with Crippen molar-refractivity contribution in [2.24, 2.45) is 11.8 Å². The third-order valence-corrected chi connectivity index (χ3v) is 7.49. The van der Waals surface area contributed by atoms with Crippen LogP contribution in [0.4, 0.5) is 11.8 Å². The van der Waals surface area contributed by atoms with Crippen molar-refractivity contribution in [3.63, 3.8) is 0 Å². The quantitative estimate of drug-likeness (QED) is 0.479. The number of fused-ring (bicyclic) bond motifs is 1. The molecule has 0 saturated heterocycles. The molecule has 158 valence electrons. The number of hydrogen-bond acceptors (Lipinski definition) is 7. The molecule has 8 heteroatoms. The predicted molar refractivity (Wildman–Crippen MR) is 121 cm³/mol. The van der Waals surface area contributed by atoms with Crippen LogP contribution in [0.5, 0.6) is 0 Å². The molecule has 7 nitrogen and oxygen atoms in total. The minimum atomic E-state index is -0.183. The summed E-state index contributed by atoms with van der Waals surface area (Å²) in [5.74, 6) is 1.78. The zero-order chi connectivity index (χ0) is 20.7. The van der Waals surface area contributed by atoms with Gasteiger partial charge in [-0.3, -0.25) is 9.78 Å². The van der Waals surface area contributed by atoms with E-state index in [0.717, 1.165) is 35.9 Å². The molecule has 1 aromatic carbocycles. The van der Waals surface area contributed by atoms with E-state index in [4.69, 9.17) is 9.97 Å². The van der Waals surface area contributed by atoms with Crippen LogP contribution in [0.3, 0.4) is 0 Å². The number of aromatic nitrogens is 3. The van der Waals surface area contributed by atoms with E-state index in [1.807, 2.05) is 24.3 Å². The van der Waals surface area contributed by atoms with E-state index in [0.29, 0.717) is 34.3 Å². The number of nitrogens with zero attached hydrogens (tertiary/aromatic N) is 2. The lowest BCUT2D eigenvalue weighted by Gasteiger charge is -2.27. The number of aliphatic hydroxyl groups is 1. The van der Waals surface area contributed by atoms with Crippen LogP contribution in [0.1, 0.15) is 39.0 Å². The lowest BCUT2D eigenvalue weighted by molar-refractivity contribution is 0.226. The molecule has 2 fully saturated rings. The summed E-state index contributed by atoms with van der Waals surface area (Å²) in [6, 6.07) is 8.45. The Morgan fingerprint density at radius 2 is 2.03 bits per heavy atom. The number of aliphatic hydroxyl groups excluding tert-OH is 1. The fraction of sp³-hybridized carbons (Fsp3) is 0.500. The number of nitrogens with one attached hydrogen (secondary N) is 3. The lowest BCUT2D eigenvalue weighted by Crippen LogP contribution is -2.31. The maximum Gasteiger partial charge on any atom is 0.264 e. The summed E-state index contributed by atoms with van der Waals surface area (Å²) in [4.78, 5) is 25.6. The van der Waals surface area contributed by atoms with E-state index in [9.17, 15) is 9.90 Å². The fourth-order valence-electron chi connectivity index (χ4n) is 4.47. The number of hydrogen-bond donors (Lipinski definition) is 4. The molecule has 30 heavy (non-hydrogen) atoms. The van der Waals surface area contributed by atoms with E-state index < -0.39 is 0 Å². The van der Waals surface area contributed by atoms with Crippen LogP contribution in [0.25, 0.3) is 20.8 Å². The number of benzene rings is 1. The van der Waals surface area contributed by atoms with Gasteiger partial charge >= 0.3 is 0 Å². The molecule has 3 atom stereocenters. The van der Waals surface area contributed by atoms with Crippen molar-refractivity contribution < 1.29 is 5.11 Å². The fourth-order valence-corrected chi connectivity index (χ4v) is 5.48. The predicted octanol–water partition coefficient (Wildman–Crippen LogP) is 3.83. The highest BCUT2D eigenvalue weighted by Gasteiger charge is 2.32. The molecule has 2 aliphatic carbocycles. The molecule has 2 aliphatic rings. The average molecular weight is 426 g/mol. The molecule has 2 heterocycles. The van der Waals surface area contributed by atoms with Crippen LogP contribution in [0.2, 0.25) is 0 Å². The van der Waals surface area contributed by atoms with E-state index in [-0.39, 0.29) is 24.1 Å². The van der Waals surface area contributed by atoms with Gasteiger partial charge in [0.25, 0.3) is 5.56 Å². The normalized spacial score (nSPS) is 24.1. The third kappa shape index (κ3) is 3.70. The number of para-hydroxylation sites is 1. The monoisotopic (exact) mass is 425 g/mol. The maximum absolute atomic E-state index is 13.2. The molecule has 5 rings (SSSR count). The highest BCUT2D eigenvalue weighted by Crippen LogP contribution is 2.36. The summed E-state index contributed by atoms with van der Waals surface area (Å²) in [6.45, 7) is 2.38. The van der Waals surface area contributed by atoms with Gasteiger partial charge in [0.05, 0.1) is 10.2 Å². The topological polar surface area (TPSA) is 103 Å². The van der Waals surface area contributed by atoms with Gasteiger partial charge in [-0.25, -0.2) is 4.98 Å². The first-order valence-electron chi connectivity index (χ1n) is 10.7. The molecular formula is C22H27N5O2S. The Morgan fingerprint density at radius 1 is 1.20 bits per heavy atom. The highest BCUT2D eigenvalue weighted by atomic mass is 32.1. The summed E-state index contributed by atoms with van der Waals surface area (Å²) < 4.78 is 1.05. The van der Waals surface area contributed by atoms with E-state index in [1.165, 1.54) is 17.8 Å². The first-order valence-corrected chi connectivity index (χ1v) is 11.6. The Balaban J connectivity index is 1.54. The molecule has 3 aromatic rings. The van der Waals surface area contributed by atoms with Gasteiger partial charge < -0.3 is 15.7 Å². The smallest absolute Gasteiger partial charge is 0.264 e. The molecular weight excluding hydrogens is 398 g/mol. The summed E-state index contributed by atoms with van der Waals surface area (Å²) in [7, 11) is 0. The average Bonchev–Trinajstić information content (AvgIpc) is 3.27. The Kier molecular flexibility index (Phi) is 5.20. The van der Waals surface area contributed by atoms with Gasteiger partial charge in [0.15, 0.2) is 0 Å². The van der Waals surface area contributed by atoms with Crippen LogP contribution in [-0.4, -0.2) is 38.7 Å². The molecule has 3 unspecified atom stereocenters. The molecule has 2 aromatic heterocycles. The van der Waals surface area contributed by atoms with Crippen molar-refractivity contribution in [2.75, 3.05) is 17.2 Å². The Bertz CT molecular complexity index is 1070. The van der Waals surface area contributed by atoms with Gasteiger partial charge in [0.2, 0.25) is 5.95 Å². The van der Waals surface area contributed by atoms with E-state index >= 15 is 0 Å². The van der Waals surface area contributed by atoms with Crippen LogP contribution < -0.4 is 16.2 Å². The number of aromatic amines is 1. The number of H-pyrrole nitrogens is 1. The van der Waals surface area contributed by atoms with Crippen molar-refractivity contribution in [1.29, 1.82) is 0 Å². The zero-order valence-corrected chi connectivity index (χ0v) is 17.8. The van der Waals surface area contributed by atoms with Gasteiger partial charge in [0, 0.05) is 18.7 Å². The number of rotatable bonds is 6. The van der Waals surface area contributed by atoms with Gasteiger partial charge in [-0.05, 0) is 56.1 Å². The molecule has 0 spiro atoms. The molecule has 2 saturated carbocycles. The molecule has 4 N–H and O–H groups in total. The standard InChI is InChI=1S/C22H27N5O2S/c1-12-9-13(11-28)10-16(12)24-19-18(21-25-15-7-2-3-8-17(15)30-21)20(29)27-22(26-19)23-14-5-4-6-14/h2-3,7-8,12-14,16,28H,4-6,9-11H2,1H3,(H3,23,24,26,27,29). The second-order valence-electron chi connectivity index (χ2n) is 8.65. The summed E-state index contributed by atoms with van der Waals surface area (Å²) in [5.41, 5.74) is 1.20. The van der Waals surface area contributed by atoms with E-state index in [1.54, 1.807) is 0 Å². The first kappa shape index (κ1) is 19.5. The zero-order valence-electron chi connectivity index (χ0n) is 17.0. The van der Waals surface area contributed by atoms with Crippen LogP contribution in [-0.2, 0) is 0 Å². The second kappa shape index (κ2) is 8.00. The van der Waals surface area contributed by atoms with Gasteiger partial charge in [0.1, 0.15) is 16.4 Å². The maximum atomic E-state index is 13.2. The Labute approximate surface area is 179 Å². The molecule has 0 bridgehead atoms. The highest BCUT2D eigenvalue weighted by molar-refractivity contribution is 7.21. The molecule has 0 radical (unpaired) electrons. The van der Waals surface area contributed by atoms with Gasteiger partial charge in [-0.1, -0.05) is 19.1 Å². The van der Waals surface area contributed by atoms with Crippen LogP contribution >= 0.6 is 11.3 Å². The van der Waals surface area contributed by atoms with Crippen molar-refractivity contribution in [3.8, 4) is 10.6 Å². The SMILES string of the molecule is CC1CC(CO)CC1Nc1nc(NC2CCC2)[nH]c(=O)c1-c1nc2ccccc2s1. The van der Waals surface area contributed by atoms with Crippen molar-refractivity contribution in [1.82, 2.24) is 15.0 Å². The summed E-state index contributed by atoms with van der Waals surface area (Å²) >= 11 is 1.51. The van der Waals surface area contributed by atoms with Crippen LogP contribution in [0.15, 0.2) is 29.1 Å². The third-order valence-electron chi connectivity index (χ3n) is 6.43. The van der Waals surface area contributed by atoms with E-state index in [2.05, 4.69) is 22.5 Å². The number of thiazole rings is 1. The Hall–Kier alpha value is -2.45. The van der Waals surface area contributed by atoms with Crippen molar-refractivity contribution in [2.45, 2.75) is 51.1 Å². The second-order valence-corrected chi connectivity index (χ2v) is 9.68. The minimum absolute atomic E-state index is 0.168. The summed E-state index contributed by atoms with van der Waals surface area (Å²) in [5, 5.41) is 17.2. The Morgan fingerprint density at radius 3 is 2.73 bits per heavy atom. The van der Waals surface area contributed by atoms with Crippen molar-refractivity contribution >= 4 is 33.3 Å². The number of anilines is 2. The van der Waals surface area contributed by atoms with Crippen LogP contribution in [0, 0.1) is 11.8 Å². The summed E-state index contributed by atoms with van der Waals surface area (Å²) in [6.07, 6.45) is 5.25. The minimum Gasteiger partial charge on any atom is -0.396 e.